The first-order valence-corrected chi connectivity index (χ1v) is 8.58. The maximum atomic E-state index is 13.0. The van der Waals surface area contributed by atoms with Crippen LogP contribution in [0, 0.1) is 17.1 Å². The first-order chi connectivity index (χ1) is 11.5. The summed E-state index contributed by atoms with van der Waals surface area (Å²) >= 11 is 0. The van der Waals surface area contributed by atoms with Gasteiger partial charge in [0.15, 0.2) is 5.69 Å². The van der Waals surface area contributed by atoms with Crippen LogP contribution in [0.4, 0.5) is 4.39 Å². The molecule has 5 nitrogen and oxygen atoms in total. The number of hydrogen-bond donors (Lipinski definition) is 0. The van der Waals surface area contributed by atoms with Crippen LogP contribution in [-0.4, -0.2) is 13.4 Å². The third-order valence-electron chi connectivity index (χ3n) is 3.28. The molecule has 3 aromatic rings. The van der Waals surface area contributed by atoms with E-state index >= 15 is 0 Å². The number of sulfone groups is 1. The lowest BCUT2D eigenvalue weighted by Crippen LogP contribution is -2.05. The molecule has 0 atom stereocenters. The topological polar surface area (TPSA) is 84.0 Å². The molecule has 0 aliphatic heterocycles. The summed E-state index contributed by atoms with van der Waals surface area (Å²) in [4.78, 5) is 3.91. The highest BCUT2D eigenvalue weighted by Gasteiger charge is 2.27. The summed E-state index contributed by atoms with van der Waals surface area (Å²) in [5, 5.41) is 8.68. The van der Waals surface area contributed by atoms with Crippen LogP contribution >= 0.6 is 0 Å². The molecule has 0 aliphatic rings. The van der Waals surface area contributed by atoms with E-state index < -0.39 is 20.7 Å². The number of rotatable bonds is 4. The molecular weight excluding hydrogens is 331 g/mol. The number of benzene rings is 2. The molecule has 0 aliphatic carbocycles. The molecule has 0 spiro atoms. The van der Waals surface area contributed by atoms with Gasteiger partial charge in [-0.2, -0.15) is 10.2 Å². The van der Waals surface area contributed by atoms with Crippen LogP contribution < -0.4 is 0 Å². The van der Waals surface area contributed by atoms with Crippen molar-refractivity contribution in [3.63, 3.8) is 0 Å². The van der Waals surface area contributed by atoms with E-state index in [1.807, 2.05) is 0 Å². The fourth-order valence-corrected chi connectivity index (χ4v) is 3.52. The van der Waals surface area contributed by atoms with Gasteiger partial charge in [0.25, 0.3) is 5.09 Å². The molecule has 0 fully saturated rings. The van der Waals surface area contributed by atoms with Gasteiger partial charge in [-0.25, -0.2) is 12.8 Å². The van der Waals surface area contributed by atoms with Crippen LogP contribution in [0.25, 0.3) is 11.5 Å². The van der Waals surface area contributed by atoms with E-state index in [1.165, 1.54) is 24.3 Å². The molecule has 0 saturated carbocycles. The highest BCUT2D eigenvalue weighted by Crippen LogP contribution is 2.27. The number of oxazole rings is 1. The van der Waals surface area contributed by atoms with Crippen molar-refractivity contribution in [1.29, 1.82) is 5.26 Å². The summed E-state index contributed by atoms with van der Waals surface area (Å²) in [6.45, 7) is 0. The Morgan fingerprint density at radius 1 is 1.08 bits per heavy atom. The Hall–Kier alpha value is -2.98. The minimum absolute atomic E-state index is 0.0433. The molecule has 3 rings (SSSR count). The minimum atomic E-state index is -3.88. The van der Waals surface area contributed by atoms with Crippen LogP contribution in [0.5, 0.6) is 0 Å². The van der Waals surface area contributed by atoms with Crippen molar-refractivity contribution >= 4 is 9.84 Å². The van der Waals surface area contributed by atoms with Crippen molar-refractivity contribution in [3.05, 3.63) is 71.7 Å². The van der Waals surface area contributed by atoms with Gasteiger partial charge < -0.3 is 4.42 Å². The zero-order valence-corrected chi connectivity index (χ0v) is 13.1. The molecule has 7 heteroatoms. The summed E-state index contributed by atoms with van der Waals surface area (Å²) in [5.41, 5.74) is 0.639. The normalized spacial score (nSPS) is 11.2. The van der Waals surface area contributed by atoms with Crippen molar-refractivity contribution < 1.29 is 17.2 Å². The van der Waals surface area contributed by atoms with E-state index in [4.69, 9.17) is 9.68 Å². The predicted molar refractivity (Wildman–Crippen MR) is 83.9 cm³/mol. The molecule has 0 amide bonds. The third kappa shape index (κ3) is 3.19. The van der Waals surface area contributed by atoms with Crippen LogP contribution in [0.15, 0.2) is 64.1 Å². The first kappa shape index (κ1) is 15.9. The average Bonchev–Trinajstić information content (AvgIpc) is 3.01. The molecule has 0 radical (unpaired) electrons. The summed E-state index contributed by atoms with van der Waals surface area (Å²) in [6.07, 6.45) is 0. The molecule has 24 heavy (non-hydrogen) atoms. The number of hydrogen-bond acceptors (Lipinski definition) is 5. The standard InChI is InChI=1S/C17H11FN2O3S/c18-14-8-6-13(7-9-14)16-20-15(10-19)17(23-16)24(21,22)11-12-4-2-1-3-5-12/h1-9H,11H2. The van der Waals surface area contributed by atoms with Crippen LogP contribution in [0.1, 0.15) is 11.3 Å². The maximum Gasteiger partial charge on any atom is 0.257 e. The maximum absolute atomic E-state index is 13.0. The number of nitriles is 1. The Bertz CT molecular complexity index is 1000. The Labute approximate surface area is 137 Å². The van der Waals surface area contributed by atoms with Gasteiger partial charge in [0.1, 0.15) is 11.9 Å². The Morgan fingerprint density at radius 3 is 2.38 bits per heavy atom. The Balaban J connectivity index is 2.01. The number of halogens is 1. The second kappa shape index (κ2) is 6.26. The Morgan fingerprint density at radius 2 is 1.75 bits per heavy atom. The smallest absolute Gasteiger partial charge is 0.257 e. The largest absolute Gasteiger partial charge is 0.423 e. The zero-order chi connectivity index (χ0) is 17.2. The Kier molecular flexibility index (Phi) is 4.15. The van der Waals surface area contributed by atoms with Gasteiger partial charge in [0, 0.05) is 5.56 Å². The van der Waals surface area contributed by atoms with Crippen molar-refractivity contribution in [2.45, 2.75) is 10.8 Å². The average molecular weight is 342 g/mol. The molecule has 0 N–H and O–H groups in total. The molecule has 0 unspecified atom stereocenters. The number of nitrogens with zero attached hydrogens (tertiary/aromatic N) is 2. The second-order valence-electron chi connectivity index (χ2n) is 5.02. The highest BCUT2D eigenvalue weighted by atomic mass is 32.2. The van der Waals surface area contributed by atoms with E-state index in [0.717, 1.165) is 0 Å². The van der Waals surface area contributed by atoms with E-state index in [2.05, 4.69) is 4.98 Å². The molecule has 1 heterocycles. The lowest BCUT2D eigenvalue weighted by Gasteiger charge is -2.01. The number of aromatic nitrogens is 1. The van der Waals surface area contributed by atoms with Gasteiger partial charge in [-0.15, -0.1) is 0 Å². The van der Waals surface area contributed by atoms with E-state index in [1.54, 1.807) is 36.4 Å². The summed E-state index contributed by atoms with van der Waals surface area (Å²) in [5.74, 6) is -0.790. The minimum Gasteiger partial charge on any atom is -0.423 e. The molecule has 1 aromatic heterocycles. The van der Waals surface area contributed by atoms with Crippen molar-refractivity contribution in [2.24, 2.45) is 0 Å². The highest BCUT2D eigenvalue weighted by molar-refractivity contribution is 7.90. The fraction of sp³-hybridized carbons (Fsp3) is 0.0588. The molecule has 2 aromatic carbocycles. The lowest BCUT2D eigenvalue weighted by molar-refractivity contribution is 0.457. The van der Waals surface area contributed by atoms with E-state index in [0.29, 0.717) is 11.1 Å². The quantitative estimate of drug-likeness (QED) is 0.726. The second-order valence-corrected chi connectivity index (χ2v) is 6.91. The molecule has 120 valence electrons. The summed E-state index contributed by atoms with van der Waals surface area (Å²) in [7, 11) is -3.88. The third-order valence-corrected chi connectivity index (χ3v) is 4.83. The van der Waals surface area contributed by atoms with E-state index in [9.17, 15) is 12.8 Å². The lowest BCUT2D eigenvalue weighted by atomic mass is 10.2. The van der Waals surface area contributed by atoms with Crippen LogP contribution in [-0.2, 0) is 15.6 Å². The first-order valence-electron chi connectivity index (χ1n) is 6.93. The van der Waals surface area contributed by atoms with Crippen molar-refractivity contribution in [1.82, 2.24) is 4.98 Å². The van der Waals surface area contributed by atoms with Gasteiger partial charge in [0.05, 0.1) is 5.75 Å². The van der Waals surface area contributed by atoms with Crippen molar-refractivity contribution in [3.8, 4) is 17.5 Å². The predicted octanol–water partition coefficient (Wildman–Crippen LogP) is 3.33. The molecular formula is C17H11FN2O3S. The summed E-state index contributed by atoms with van der Waals surface area (Å²) in [6, 6.07) is 15.5. The molecule has 0 saturated heterocycles. The van der Waals surface area contributed by atoms with Gasteiger partial charge in [-0.1, -0.05) is 30.3 Å². The SMILES string of the molecule is N#Cc1nc(-c2ccc(F)cc2)oc1S(=O)(=O)Cc1ccccc1. The van der Waals surface area contributed by atoms with Crippen LogP contribution in [0.2, 0.25) is 0 Å². The monoisotopic (exact) mass is 342 g/mol. The summed E-state index contributed by atoms with van der Waals surface area (Å²) < 4.78 is 43.4. The van der Waals surface area contributed by atoms with Gasteiger partial charge in [-0.3, -0.25) is 0 Å². The zero-order valence-electron chi connectivity index (χ0n) is 12.3. The van der Waals surface area contributed by atoms with E-state index in [-0.39, 0.29) is 17.3 Å². The fourth-order valence-electron chi connectivity index (χ4n) is 2.16. The van der Waals surface area contributed by atoms with Crippen LogP contribution in [0.3, 0.4) is 0 Å². The van der Waals surface area contributed by atoms with Gasteiger partial charge >= 0.3 is 0 Å². The van der Waals surface area contributed by atoms with Gasteiger partial charge in [0.2, 0.25) is 15.7 Å². The molecule has 0 bridgehead atoms. The van der Waals surface area contributed by atoms with Crippen molar-refractivity contribution in [2.75, 3.05) is 0 Å². The van der Waals surface area contributed by atoms with Gasteiger partial charge in [-0.05, 0) is 29.8 Å².